The second-order valence-corrected chi connectivity index (χ2v) is 5.89. The van der Waals surface area contributed by atoms with E-state index in [4.69, 9.17) is 5.73 Å². The summed E-state index contributed by atoms with van der Waals surface area (Å²) < 4.78 is 1.98. The normalized spacial score (nSPS) is 27.4. The molecule has 2 atom stereocenters. The molecular weight excluding hydrogens is 212 g/mol. The van der Waals surface area contributed by atoms with Crippen LogP contribution in [0, 0.1) is 5.92 Å². The van der Waals surface area contributed by atoms with Gasteiger partial charge in [-0.25, -0.2) is 0 Å². The second kappa shape index (κ2) is 3.65. The molecule has 0 spiro atoms. The molecule has 1 aromatic heterocycles. The Kier molecular flexibility index (Phi) is 2.35. The molecule has 4 nitrogen and oxygen atoms in total. The molecule has 0 amide bonds. The van der Waals surface area contributed by atoms with E-state index in [9.17, 15) is 0 Å². The minimum Gasteiger partial charge on any atom is -0.394 e. The van der Waals surface area contributed by atoms with E-state index in [0.717, 1.165) is 23.1 Å². The van der Waals surface area contributed by atoms with Crippen LogP contribution >= 0.6 is 0 Å². The fourth-order valence-corrected chi connectivity index (χ4v) is 3.50. The molecule has 1 saturated heterocycles. The molecule has 2 bridgehead atoms. The van der Waals surface area contributed by atoms with Crippen LogP contribution in [0.1, 0.15) is 44.7 Å². The van der Waals surface area contributed by atoms with Crippen LogP contribution in [0.3, 0.4) is 0 Å². The highest BCUT2D eigenvalue weighted by Gasteiger charge is 2.40. The number of fused-ring (bicyclic) bond motifs is 2. The van der Waals surface area contributed by atoms with Gasteiger partial charge in [-0.3, -0.25) is 4.68 Å². The number of hydrogen-bond donors (Lipinski definition) is 1. The number of rotatable bonds is 2. The lowest BCUT2D eigenvalue weighted by Gasteiger charge is -2.29. The van der Waals surface area contributed by atoms with Crippen LogP contribution in [0.5, 0.6) is 0 Å². The summed E-state index contributed by atoms with van der Waals surface area (Å²) in [6.45, 7) is 5.48. The van der Waals surface area contributed by atoms with Gasteiger partial charge in [0.25, 0.3) is 0 Å². The highest BCUT2D eigenvalue weighted by atomic mass is 15.4. The van der Waals surface area contributed by atoms with E-state index in [1.807, 2.05) is 11.7 Å². The minimum absolute atomic E-state index is 0.398. The SMILES string of the molecule is CC(C)c1nn(C)c(N2CC3CCC2C3)c1N. The van der Waals surface area contributed by atoms with Crippen molar-refractivity contribution in [1.82, 2.24) is 9.78 Å². The molecule has 17 heavy (non-hydrogen) atoms. The first-order valence-electron chi connectivity index (χ1n) is 6.67. The van der Waals surface area contributed by atoms with E-state index in [1.165, 1.54) is 25.8 Å². The molecule has 2 heterocycles. The summed E-state index contributed by atoms with van der Waals surface area (Å²) in [6, 6.07) is 0.706. The summed E-state index contributed by atoms with van der Waals surface area (Å²) in [4.78, 5) is 2.49. The molecule has 94 valence electrons. The van der Waals surface area contributed by atoms with Crippen LogP contribution in [0.2, 0.25) is 0 Å². The number of piperidine rings is 1. The van der Waals surface area contributed by atoms with Gasteiger partial charge in [0.2, 0.25) is 0 Å². The van der Waals surface area contributed by atoms with Crippen molar-refractivity contribution in [2.45, 2.75) is 45.1 Å². The number of aryl methyl sites for hydroxylation is 1. The van der Waals surface area contributed by atoms with E-state index in [-0.39, 0.29) is 0 Å². The third-order valence-electron chi connectivity index (χ3n) is 4.31. The number of hydrogen-bond acceptors (Lipinski definition) is 3. The Hall–Kier alpha value is -1.19. The molecule has 4 heteroatoms. The fourth-order valence-electron chi connectivity index (χ4n) is 3.50. The summed E-state index contributed by atoms with van der Waals surface area (Å²) in [5.41, 5.74) is 8.24. The van der Waals surface area contributed by atoms with Gasteiger partial charge in [-0.05, 0) is 31.1 Å². The molecular formula is C13H22N4. The van der Waals surface area contributed by atoms with Gasteiger partial charge in [-0.1, -0.05) is 13.8 Å². The third-order valence-corrected chi connectivity index (χ3v) is 4.31. The fraction of sp³-hybridized carbons (Fsp3) is 0.769. The molecule has 1 aromatic rings. The van der Waals surface area contributed by atoms with Crippen molar-refractivity contribution >= 4 is 11.5 Å². The monoisotopic (exact) mass is 234 g/mol. The number of nitrogens with zero attached hydrogens (tertiary/aromatic N) is 3. The van der Waals surface area contributed by atoms with Gasteiger partial charge in [-0.2, -0.15) is 5.10 Å². The van der Waals surface area contributed by atoms with Crippen LogP contribution in [0.4, 0.5) is 11.5 Å². The first-order valence-corrected chi connectivity index (χ1v) is 6.67. The van der Waals surface area contributed by atoms with E-state index in [0.29, 0.717) is 12.0 Å². The maximum Gasteiger partial charge on any atom is 0.150 e. The van der Waals surface area contributed by atoms with Crippen molar-refractivity contribution in [2.75, 3.05) is 17.2 Å². The van der Waals surface area contributed by atoms with Crippen LogP contribution in [-0.4, -0.2) is 22.4 Å². The van der Waals surface area contributed by atoms with Gasteiger partial charge in [0.05, 0.1) is 11.4 Å². The maximum atomic E-state index is 6.29. The zero-order valence-electron chi connectivity index (χ0n) is 11.0. The predicted octanol–water partition coefficient (Wildman–Crippen LogP) is 2.11. The summed E-state index contributed by atoms with van der Waals surface area (Å²) in [5.74, 6) is 2.44. The van der Waals surface area contributed by atoms with Crippen molar-refractivity contribution < 1.29 is 0 Å². The molecule has 2 aliphatic rings. The summed E-state index contributed by atoms with van der Waals surface area (Å²) in [7, 11) is 2.02. The van der Waals surface area contributed by atoms with Crippen LogP contribution in [0.15, 0.2) is 0 Å². The van der Waals surface area contributed by atoms with Crippen molar-refractivity contribution in [1.29, 1.82) is 0 Å². The molecule has 1 saturated carbocycles. The van der Waals surface area contributed by atoms with Crippen molar-refractivity contribution in [3.05, 3.63) is 5.69 Å². The Balaban J connectivity index is 1.98. The first kappa shape index (κ1) is 10.9. The van der Waals surface area contributed by atoms with Crippen LogP contribution in [-0.2, 0) is 7.05 Å². The number of nitrogens with two attached hydrogens (primary N) is 1. The van der Waals surface area contributed by atoms with Gasteiger partial charge in [-0.15, -0.1) is 0 Å². The summed E-state index contributed by atoms with van der Waals surface area (Å²) >= 11 is 0. The third kappa shape index (κ3) is 1.53. The van der Waals surface area contributed by atoms with Gasteiger partial charge in [0, 0.05) is 19.6 Å². The van der Waals surface area contributed by atoms with E-state index >= 15 is 0 Å². The molecule has 1 aliphatic carbocycles. The Morgan fingerprint density at radius 3 is 2.59 bits per heavy atom. The van der Waals surface area contributed by atoms with Gasteiger partial charge >= 0.3 is 0 Å². The topological polar surface area (TPSA) is 47.1 Å². The van der Waals surface area contributed by atoms with Crippen molar-refractivity contribution in [3.8, 4) is 0 Å². The molecule has 2 unspecified atom stereocenters. The Morgan fingerprint density at radius 1 is 1.35 bits per heavy atom. The smallest absolute Gasteiger partial charge is 0.150 e. The largest absolute Gasteiger partial charge is 0.394 e. The molecule has 2 N–H and O–H groups in total. The average Bonchev–Trinajstić information content (AvgIpc) is 2.92. The number of aromatic nitrogens is 2. The average molecular weight is 234 g/mol. The highest BCUT2D eigenvalue weighted by Crippen LogP contribution is 2.43. The Bertz CT molecular complexity index is 435. The van der Waals surface area contributed by atoms with E-state index < -0.39 is 0 Å². The van der Waals surface area contributed by atoms with Gasteiger partial charge in [0.15, 0.2) is 5.82 Å². The van der Waals surface area contributed by atoms with Gasteiger partial charge < -0.3 is 10.6 Å². The van der Waals surface area contributed by atoms with Gasteiger partial charge in [0.1, 0.15) is 0 Å². The van der Waals surface area contributed by atoms with Crippen molar-refractivity contribution in [2.24, 2.45) is 13.0 Å². The number of anilines is 2. The molecule has 0 aromatic carbocycles. The highest BCUT2D eigenvalue weighted by molar-refractivity contribution is 5.68. The van der Waals surface area contributed by atoms with E-state index in [1.54, 1.807) is 0 Å². The van der Waals surface area contributed by atoms with Crippen molar-refractivity contribution in [3.63, 3.8) is 0 Å². The standard InChI is InChI=1S/C13H22N4/c1-8(2)12-11(14)13(16(3)15-12)17-7-9-4-5-10(17)6-9/h8-10H,4-7,14H2,1-3H3. The maximum absolute atomic E-state index is 6.29. The predicted molar refractivity (Wildman–Crippen MR) is 70.2 cm³/mol. The zero-order valence-corrected chi connectivity index (χ0v) is 11.0. The molecule has 1 aliphatic heterocycles. The van der Waals surface area contributed by atoms with Crippen LogP contribution < -0.4 is 10.6 Å². The van der Waals surface area contributed by atoms with Crippen LogP contribution in [0.25, 0.3) is 0 Å². The summed E-state index contributed by atoms with van der Waals surface area (Å²) in [6.07, 6.45) is 4.07. The Labute approximate surface area is 103 Å². The second-order valence-electron chi connectivity index (χ2n) is 5.89. The first-order chi connectivity index (χ1) is 8.08. The lowest BCUT2D eigenvalue weighted by Crippen LogP contribution is -2.33. The molecule has 0 radical (unpaired) electrons. The Morgan fingerprint density at radius 2 is 2.12 bits per heavy atom. The lowest BCUT2D eigenvalue weighted by atomic mass is 10.1. The van der Waals surface area contributed by atoms with E-state index in [2.05, 4.69) is 23.8 Å². The zero-order chi connectivity index (χ0) is 12.2. The molecule has 2 fully saturated rings. The summed E-state index contributed by atoms with van der Waals surface area (Å²) in [5, 5.41) is 4.59. The minimum atomic E-state index is 0.398. The molecule has 3 rings (SSSR count). The quantitative estimate of drug-likeness (QED) is 0.852. The lowest BCUT2D eigenvalue weighted by molar-refractivity contribution is 0.542. The number of nitrogen functional groups attached to an aromatic ring is 1.